The molecule has 4 N–H and O–H groups in total. The Labute approximate surface area is 167 Å². The zero-order valence-corrected chi connectivity index (χ0v) is 16.5. The third-order valence-corrected chi connectivity index (χ3v) is 6.65. The summed E-state index contributed by atoms with van der Waals surface area (Å²) in [5.74, 6) is 0.484. The molecule has 6 nitrogen and oxygen atoms in total. The van der Waals surface area contributed by atoms with E-state index in [-0.39, 0.29) is 17.7 Å². The van der Waals surface area contributed by atoms with E-state index in [1.807, 2.05) is 12.1 Å². The van der Waals surface area contributed by atoms with Crippen molar-refractivity contribution >= 4 is 17.5 Å². The summed E-state index contributed by atoms with van der Waals surface area (Å²) in [6, 6.07) is 9.39. The van der Waals surface area contributed by atoms with Gasteiger partial charge in [-0.05, 0) is 75.2 Å². The van der Waals surface area contributed by atoms with Gasteiger partial charge in [0, 0.05) is 36.7 Å². The van der Waals surface area contributed by atoms with Gasteiger partial charge in [-0.25, -0.2) is 0 Å². The second-order valence-corrected chi connectivity index (χ2v) is 8.88. The van der Waals surface area contributed by atoms with Crippen LogP contribution in [0.1, 0.15) is 50.5 Å². The molecule has 3 fully saturated rings. The van der Waals surface area contributed by atoms with Crippen LogP contribution in [0.25, 0.3) is 0 Å². The molecule has 2 atom stereocenters. The van der Waals surface area contributed by atoms with Crippen LogP contribution in [0.15, 0.2) is 24.3 Å². The molecule has 3 heterocycles. The quantitative estimate of drug-likeness (QED) is 0.702. The minimum absolute atomic E-state index is 0.0205. The highest BCUT2D eigenvalue weighted by Gasteiger charge is 2.34. The first-order valence-electron chi connectivity index (χ1n) is 10.7. The molecule has 3 aliphatic rings. The van der Waals surface area contributed by atoms with Gasteiger partial charge in [0.05, 0.1) is 0 Å². The van der Waals surface area contributed by atoms with E-state index in [0.717, 1.165) is 51.0 Å². The Morgan fingerprint density at radius 1 is 1.11 bits per heavy atom. The molecule has 28 heavy (non-hydrogen) atoms. The topological polar surface area (TPSA) is 87.5 Å². The van der Waals surface area contributed by atoms with Gasteiger partial charge in [-0.2, -0.15) is 0 Å². The molecule has 1 aromatic carbocycles. The fourth-order valence-electron chi connectivity index (χ4n) is 5.20. The number of hydrogen-bond acceptors (Lipinski definition) is 4. The van der Waals surface area contributed by atoms with Gasteiger partial charge in [-0.15, -0.1) is 0 Å². The Morgan fingerprint density at radius 3 is 2.50 bits per heavy atom. The van der Waals surface area contributed by atoms with Crippen LogP contribution in [0.2, 0.25) is 0 Å². The van der Waals surface area contributed by atoms with Gasteiger partial charge in [0.15, 0.2) is 0 Å². The van der Waals surface area contributed by atoms with Crippen molar-refractivity contribution in [1.29, 1.82) is 0 Å². The zero-order valence-electron chi connectivity index (χ0n) is 16.5. The molecule has 1 aromatic rings. The monoisotopic (exact) mass is 384 g/mol. The molecular weight excluding hydrogens is 352 g/mol. The number of likely N-dealkylation sites (tertiary alicyclic amines) is 1. The van der Waals surface area contributed by atoms with Crippen LogP contribution in [-0.2, 0) is 16.1 Å². The van der Waals surface area contributed by atoms with Gasteiger partial charge in [0.25, 0.3) is 0 Å². The molecule has 0 aromatic heterocycles. The average Bonchev–Trinajstić information content (AvgIpc) is 3.00. The fourth-order valence-corrected chi connectivity index (χ4v) is 5.20. The van der Waals surface area contributed by atoms with E-state index in [4.69, 9.17) is 5.73 Å². The van der Waals surface area contributed by atoms with Crippen molar-refractivity contribution in [3.63, 3.8) is 0 Å². The number of nitrogens with one attached hydrogen (secondary N) is 2. The van der Waals surface area contributed by atoms with Gasteiger partial charge in [0.2, 0.25) is 11.8 Å². The van der Waals surface area contributed by atoms with E-state index < -0.39 is 0 Å². The first kappa shape index (κ1) is 19.4. The van der Waals surface area contributed by atoms with E-state index in [1.165, 1.54) is 18.4 Å². The van der Waals surface area contributed by atoms with Crippen molar-refractivity contribution < 1.29 is 9.59 Å². The molecule has 4 rings (SSSR count). The largest absolute Gasteiger partial charge is 0.369 e. The van der Waals surface area contributed by atoms with Crippen LogP contribution in [0.5, 0.6) is 0 Å². The van der Waals surface area contributed by atoms with Crippen LogP contribution in [0.4, 0.5) is 5.69 Å². The number of primary amides is 1. The van der Waals surface area contributed by atoms with Crippen molar-refractivity contribution in [2.75, 3.05) is 18.4 Å². The number of anilines is 1. The maximum atomic E-state index is 12.5. The predicted molar refractivity (Wildman–Crippen MR) is 110 cm³/mol. The Hall–Kier alpha value is -1.92. The van der Waals surface area contributed by atoms with E-state index in [1.54, 1.807) is 0 Å². The summed E-state index contributed by atoms with van der Waals surface area (Å²) >= 11 is 0. The number of benzene rings is 1. The molecule has 3 saturated heterocycles. The molecule has 0 radical (unpaired) electrons. The molecule has 6 heteroatoms. The van der Waals surface area contributed by atoms with Gasteiger partial charge in [-0.1, -0.05) is 12.1 Å². The highest BCUT2D eigenvalue weighted by atomic mass is 16.2. The molecule has 0 spiro atoms. The maximum absolute atomic E-state index is 12.5. The number of rotatable bonds is 6. The second-order valence-electron chi connectivity index (χ2n) is 8.88. The third-order valence-electron chi connectivity index (χ3n) is 6.65. The Morgan fingerprint density at radius 2 is 1.82 bits per heavy atom. The summed E-state index contributed by atoms with van der Waals surface area (Å²) in [5.41, 5.74) is 7.49. The number of hydrogen-bond donors (Lipinski definition) is 3. The highest BCUT2D eigenvalue weighted by molar-refractivity contribution is 5.90. The van der Waals surface area contributed by atoms with Crippen molar-refractivity contribution in [3.8, 4) is 0 Å². The molecule has 2 bridgehead atoms. The number of nitrogens with two attached hydrogens (primary N) is 1. The highest BCUT2D eigenvalue weighted by Crippen LogP contribution is 2.32. The molecule has 0 saturated carbocycles. The lowest BCUT2D eigenvalue weighted by molar-refractivity contribution is -0.123. The number of carbonyl (C=O) groups is 2. The van der Waals surface area contributed by atoms with Crippen LogP contribution >= 0.6 is 0 Å². The van der Waals surface area contributed by atoms with Crippen molar-refractivity contribution in [3.05, 3.63) is 29.8 Å². The summed E-state index contributed by atoms with van der Waals surface area (Å²) in [6.45, 7) is 2.62. The lowest BCUT2D eigenvalue weighted by atomic mass is 9.89. The van der Waals surface area contributed by atoms with Crippen LogP contribution < -0.4 is 16.4 Å². The third kappa shape index (κ3) is 4.92. The van der Waals surface area contributed by atoms with E-state index in [2.05, 4.69) is 27.7 Å². The SMILES string of the molecule is NC(=O)C1CCN(Cc2cccc(NC(=O)CC3CC4CCC(C3)N4)c2)CC1. The average molecular weight is 385 g/mol. The summed E-state index contributed by atoms with van der Waals surface area (Å²) in [7, 11) is 0. The first-order valence-corrected chi connectivity index (χ1v) is 10.7. The molecule has 2 amide bonds. The van der Waals surface area contributed by atoms with Crippen molar-refractivity contribution in [2.24, 2.45) is 17.6 Å². The summed E-state index contributed by atoms with van der Waals surface area (Å²) in [5, 5.41) is 6.74. The van der Waals surface area contributed by atoms with Crippen molar-refractivity contribution in [2.45, 2.75) is 63.6 Å². The molecule has 2 unspecified atom stereocenters. The Balaban J connectivity index is 1.26. The second kappa shape index (κ2) is 8.62. The van der Waals surface area contributed by atoms with Crippen LogP contribution in [0.3, 0.4) is 0 Å². The summed E-state index contributed by atoms with van der Waals surface area (Å²) in [6.07, 6.45) is 7.09. The summed E-state index contributed by atoms with van der Waals surface area (Å²) < 4.78 is 0. The minimum atomic E-state index is -0.175. The Kier molecular flexibility index (Phi) is 5.97. The number of carbonyl (C=O) groups excluding carboxylic acids is 2. The van der Waals surface area contributed by atoms with Gasteiger partial charge < -0.3 is 16.4 Å². The van der Waals surface area contributed by atoms with Crippen LogP contribution in [0, 0.1) is 11.8 Å². The smallest absolute Gasteiger partial charge is 0.224 e. The number of fused-ring (bicyclic) bond motifs is 2. The standard InChI is InChI=1S/C22H32N4O2/c23-22(28)17-6-8-26(9-7-17)14-15-2-1-3-18(10-15)25-21(27)13-16-11-19-4-5-20(12-16)24-19/h1-3,10,16-17,19-20,24H,4-9,11-14H2,(H2,23,28)(H,25,27). The Bertz CT molecular complexity index is 702. The molecular formula is C22H32N4O2. The maximum Gasteiger partial charge on any atom is 0.224 e. The van der Waals surface area contributed by atoms with Gasteiger partial charge in [0.1, 0.15) is 0 Å². The van der Waals surface area contributed by atoms with Gasteiger partial charge >= 0.3 is 0 Å². The fraction of sp³-hybridized carbons (Fsp3) is 0.636. The first-order chi connectivity index (χ1) is 13.5. The van der Waals surface area contributed by atoms with Crippen LogP contribution in [-0.4, -0.2) is 41.9 Å². The molecule has 3 aliphatic heterocycles. The number of piperidine rings is 2. The minimum Gasteiger partial charge on any atom is -0.369 e. The number of nitrogens with zero attached hydrogens (tertiary/aromatic N) is 1. The van der Waals surface area contributed by atoms with Crippen molar-refractivity contribution in [1.82, 2.24) is 10.2 Å². The zero-order chi connectivity index (χ0) is 19.5. The lowest BCUT2D eigenvalue weighted by Gasteiger charge is -2.30. The van der Waals surface area contributed by atoms with Gasteiger partial charge in [-0.3, -0.25) is 14.5 Å². The molecule has 0 aliphatic carbocycles. The van der Waals surface area contributed by atoms with E-state index in [9.17, 15) is 9.59 Å². The van der Waals surface area contributed by atoms with E-state index in [0.29, 0.717) is 24.4 Å². The predicted octanol–water partition coefficient (Wildman–Crippen LogP) is 2.24. The number of amides is 2. The molecule has 152 valence electrons. The normalized spacial score (nSPS) is 28.2. The lowest BCUT2D eigenvalue weighted by Crippen LogP contribution is -2.39. The van der Waals surface area contributed by atoms with E-state index >= 15 is 0 Å². The summed E-state index contributed by atoms with van der Waals surface area (Å²) in [4.78, 5) is 26.2.